The Morgan fingerprint density at radius 3 is 2.29 bits per heavy atom. The topological polar surface area (TPSA) is 78.4 Å². The zero-order chi connectivity index (χ0) is 15.3. The van der Waals surface area contributed by atoms with Crippen LogP contribution in [0.2, 0.25) is 0 Å². The van der Waals surface area contributed by atoms with Gasteiger partial charge in [0.1, 0.15) is 0 Å². The molecule has 0 bridgehead atoms. The second-order valence-electron chi connectivity index (χ2n) is 6.78. The summed E-state index contributed by atoms with van der Waals surface area (Å²) < 4.78 is 0. The van der Waals surface area contributed by atoms with E-state index in [-0.39, 0.29) is 18.5 Å². The Balaban J connectivity index is 1.81. The van der Waals surface area contributed by atoms with E-state index in [4.69, 9.17) is 5.11 Å². The molecule has 0 spiro atoms. The molecular weight excluding hydrogens is 268 g/mol. The Morgan fingerprint density at radius 1 is 1.14 bits per heavy atom. The van der Waals surface area contributed by atoms with Crippen LogP contribution in [0.4, 0.5) is 4.79 Å². The lowest BCUT2D eigenvalue weighted by atomic mass is 9.84. The van der Waals surface area contributed by atoms with Gasteiger partial charge in [-0.2, -0.15) is 0 Å². The van der Waals surface area contributed by atoms with Gasteiger partial charge in [-0.05, 0) is 44.4 Å². The Bertz CT molecular complexity index is 370. The fraction of sp³-hybridized carbons (Fsp3) is 0.875. The van der Waals surface area contributed by atoms with Crippen LogP contribution in [-0.2, 0) is 4.79 Å². The standard InChI is InChI=1S/C16H28N2O3/c1-2-12-5-7-13(8-6-12)17-15(21)18-16(11-14(19)20)9-3-4-10-16/h12-13H,2-11H2,1H3,(H,19,20)(H2,17,18,21). The monoisotopic (exact) mass is 296 g/mol. The molecule has 21 heavy (non-hydrogen) atoms. The fourth-order valence-electron chi connectivity index (χ4n) is 3.86. The number of rotatable bonds is 5. The molecule has 0 heterocycles. The highest BCUT2D eigenvalue weighted by atomic mass is 16.4. The van der Waals surface area contributed by atoms with Crippen molar-refractivity contribution in [2.24, 2.45) is 5.92 Å². The SMILES string of the molecule is CCC1CCC(NC(=O)NC2(CC(=O)O)CCCC2)CC1. The molecular formula is C16H28N2O3. The number of hydrogen-bond donors (Lipinski definition) is 3. The summed E-state index contributed by atoms with van der Waals surface area (Å²) in [4.78, 5) is 23.2. The number of hydrogen-bond acceptors (Lipinski definition) is 2. The highest BCUT2D eigenvalue weighted by Gasteiger charge is 2.37. The van der Waals surface area contributed by atoms with E-state index in [0.717, 1.165) is 44.4 Å². The smallest absolute Gasteiger partial charge is 0.315 e. The van der Waals surface area contributed by atoms with Crippen LogP contribution in [0.25, 0.3) is 0 Å². The number of carboxylic acids is 1. The number of carbonyl (C=O) groups is 2. The third kappa shape index (κ3) is 4.61. The molecule has 0 saturated heterocycles. The van der Waals surface area contributed by atoms with Crippen molar-refractivity contribution in [3.05, 3.63) is 0 Å². The van der Waals surface area contributed by atoms with Gasteiger partial charge in [0.15, 0.2) is 0 Å². The van der Waals surface area contributed by atoms with E-state index in [1.807, 2.05) is 0 Å². The van der Waals surface area contributed by atoms with Crippen LogP contribution >= 0.6 is 0 Å². The van der Waals surface area contributed by atoms with Crippen LogP contribution < -0.4 is 10.6 Å². The first kappa shape index (κ1) is 16.1. The van der Waals surface area contributed by atoms with Crippen LogP contribution in [-0.4, -0.2) is 28.7 Å². The van der Waals surface area contributed by atoms with Crippen molar-refractivity contribution >= 4 is 12.0 Å². The minimum atomic E-state index is -0.833. The Labute approximate surface area is 126 Å². The number of carbonyl (C=O) groups excluding carboxylic acids is 1. The molecule has 3 N–H and O–H groups in total. The molecule has 0 aromatic heterocycles. The van der Waals surface area contributed by atoms with E-state index in [1.54, 1.807) is 0 Å². The highest BCUT2D eigenvalue weighted by molar-refractivity contribution is 5.77. The third-order valence-corrected chi connectivity index (χ3v) is 5.19. The van der Waals surface area contributed by atoms with Crippen molar-refractivity contribution < 1.29 is 14.7 Å². The van der Waals surface area contributed by atoms with Crippen LogP contribution in [0.3, 0.4) is 0 Å². The van der Waals surface area contributed by atoms with E-state index in [1.165, 1.54) is 19.3 Å². The Morgan fingerprint density at radius 2 is 1.76 bits per heavy atom. The van der Waals surface area contributed by atoms with E-state index >= 15 is 0 Å². The van der Waals surface area contributed by atoms with Gasteiger partial charge >= 0.3 is 12.0 Å². The van der Waals surface area contributed by atoms with Crippen molar-refractivity contribution in [3.8, 4) is 0 Å². The summed E-state index contributed by atoms with van der Waals surface area (Å²) in [5, 5.41) is 15.1. The van der Waals surface area contributed by atoms with Crippen molar-refractivity contribution in [2.45, 2.75) is 82.7 Å². The normalized spacial score (nSPS) is 28.0. The van der Waals surface area contributed by atoms with Crippen molar-refractivity contribution in [1.82, 2.24) is 10.6 Å². The maximum absolute atomic E-state index is 12.2. The zero-order valence-corrected chi connectivity index (χ0v) is 13.0. The molecule has 2 rings (SSSR count). The molecule has 0 atom stereocenters. The average Bonchev–Trinajstić information content (AvgIpc) is 2.86. The van der Waals surface area contributed by atoms with Crippen LogP contribution in [0.5, 0.6) is 0 Å². The molecule has 120 valence electrons. The predicted molar refractivity (Wildman–Crippen MR) is 81.2 cm³/mol. The summed E-state index contributed by atoms with van der Waals surface area (Å²) in [7, 11) is 0. The first-order valence-electron chi connectivity index (χ1n) is 8.33. The molecule has 2 saturated carbocycles. The van der Waals surface area contributed by atoms with Gasteiger partial charge in [-0.15, -0.1) is 0 Å². The van der Waals surface area contributed by atoms with Gasteiger partial charge in [0, 0.05) is 6.04 Å². The molecule has 2 fully saturated rings. The number of nitrogens with one attached hydrogen (secondary N) is 2. The van der Waals surface area contributed by atoms with Crippen molar-refractivity contribution in [2.75, 3.05) is 0 Å². The summed E-state index contributed by atoms with van der Waals surface area (Å²) >= 11 is 0. The molecule has 2 amide bonds. The largest absolute Gasteiger partial charge is 0.481 e. The zero-order valence-electron chi connectivity index (χ0n) is 13.0. The van der Waals surface area contributed by atoms with Gasteiger partial charge in [-0.25, -0.2) is 4.79 Å². The van der Waals surface area contributed by atoms with Crippen molar-refractivity contribution in [3.63, 3.8) is 0 Å². The molecule has 5 heteroatoms. The van der Waals surface area contributed by atoms with Gasteiger partial charge < -0.3 is 15.7 Å². The van der Waals surface area contributed by atoms with Crippen LogP contribution in [0.1, 0.15) is 71.1 Å². The molecule has 0 aromatic rings. The lowest BCUT2D eigenvalue weighted by Crippen LogP contribution is -2.54. The lowest BCUT2D eigenvalue weighted by Gasteiger charge is -2.32. The van der Waals surface area contributed by atoms with E-state index in [9.17, 15) is 9.59 Å². The summed E-state index contributed by atoms with van der Waals surface area (Å²) in [6.45, 7) is 2.22. The van der Waals surface area contributed by atoms with Crippen LogP contribution in [0, 0.1) is 5.92 Å². The van der Waals surface area contributed by atoms with E-state index in [0.29, 0.717) is 0 Å². The molecule has 0 radical (unpaired) electrons. The quantitative estimate of drug-likeness (QED) is 0.729. The predicted octanol–water partition coefficient (Wildman–Crippen LogP) is 3.04. The van der Waals surface area contributed by atoms with Gasteiger partial charge in [0.2, 0.25) is 0 Å². The minimum absolute atomic E-state index is 0.0307. The molecule has 2 aliphatic rings. The molecule has 5 nitrogen and oxygen atoms in total. The number of carboxylic acid groups (broad SMARTS) is 1. The maximum atomic E-state index is 12.2. The van der Waals surface area contributed by atoms with Gasteiger partial charge in [0.05, 0.1) is 12.0 Å². The lowest BCUT2D eigenvalue weighted by molar-refractivity contribution is -0.138. The number of aliphatic carboxylic acids is 1. The van der Waals surface area contributed by atoms with E-state index in [2.05, 4.69) is 17.6 Å². The van der Waals surface area contributed by atoms with E-state index < -0.39 is 11.5 Å². The second kappa shape index (κ2) is 7.14. The molecule has 2 aliphatic carbocycles. The summed E-state index contributed by atoms with van der Waals surface area (Å²) in [6.07, 6.45) is 9.23. The number of amides is 2. The summed E-state index contributed by atoms with van der Waals surface area (Å²) in [5.41, 5.74) is -0.531. The average molecular weight is 296 g/mol. The first-order valence-corrected chi connectivity index (χ1v) is 8.33. The van der Waals surface area contributed by atoms with Gasteiger partial charge in [-0.3, -0.25) is 4.79 Å². The highest BCUT2D eigenvalue weighted by Crippen LogP contribution is 2.33. The molecule has 0 aliphatic heterocycles. The van der Waals surface area contributed by atoms with Gasteiger partial charge in [0.25, 0.3) is 0 Å². The maximum Gasteiger partial charge on any atom is 0.315 e. The first-order chi connectivity index (χ1) is 10.0. The van der Waals surface area contributed by atoms with Gasteiger partial charge in [-0.1, -0.05) is 26.2 Å². The summed E-state index contributed by atoms with van der Waals surface area (Å²) in [5.74, 6) is -0.0278. The second-order valence-corrected chi connectivity index (χ2v) is 6.78. The molecule has 0 aromatic carbocycles. The Hall–Kier alpha value is -1.26. The summed E-state index contributed by atoms with van der Waals surface area (Å²) in [6, 6.07) is 0.0641. The third-order valence-electron chi connectivity index (χ3n) is 5.19. The fourth-order valence-corrected chi connectivity index (χ4v) is 3.86. The van der Waals surface area contributed by atoms with Crippen molar-refractivity contribution in [1.29, 1.82) is 0 Å². The Kier molecular flexibility index (Phi) is 5.48. The molecule has 0 unspecified atom stereocenters. The van der Waals surface area contributed by atoms with Crippen LogP contribution in [0.15, 0.2) is 0 Å². The number of urea groups is 1. The minimum Gasteiger partial charge on any atom is -0.481 e.